The van der Waals surface area contributed by atoms with Crippen LogP contribution in [0.2, 0.25) is 0 Å². The van der Waals surface area contributed by atoms with Crippen molar-refractivity contribution in [2.24, 2.45) is 0 Å². The molecule has 40 heavy (non-hydrogen) atoms. The fourth-order valence-corrected chi connectivity index (χ4v) is 6.11. The molecule has 0 spiro atoms. The third-order valence-electron chi connectivity index (χ3n) is 7.70. The lowest BCUT2D eigenvalue weighted by Crippen LogP contribution is -2.45. The van der Waals surface area contributed by atoms with E-state index in [-0.39, 0.29) is 24.1 Å². The van der Waals surface area contributed by atoms with E-state index in [4.69, 9.17) is 0 Å². The van der Waals surface area contributed by atoms with Crippen LogP contribution >= 0.6 is 11.3 Å². The molecule has 212 valence electrons. The molecule has 2 aliphatic rings. The Morgan fingerprint density at radius 2 is 1.93 bits per heavy atom. The standard InChI is InChI=1S/C28H30F3N5O3S/c29-28(30,31)19-3-1-2-18(14-19)25(38)34-16-24(37)35-21-8-12-36(17-21)22-6-9-27(39,10-7-22)20-4-5-23(33-15-20)26-32-11-13-40-26/h1-5,11,13-15,21-22,39H,6-10,12,16-17H2,(H,34,38)(H,35,37)/t21-,22?,27?/m1/s1. The number of nitrogens with one attached hydrogen (secondary N) is 2. The number of alkyl halides is 3. The third kappa shape index (κ3) is 6.51. The Morgan fingerprint density at radius 3 is 2.60 bits per heavy atom. The third-order valence-corrected chi connectivity index (χ3v) is 8.49. The van der Waals surface area contributed by atoms with Crippen molar-refractivity contribution >= 4 is 23.2 Å². The number of hydrogen-bond acceptors (Lipinski definition) is 7. The van der Waals surface area contributed by atoms with Crippen LogP contribution in [-0.4, -0.2) is 63.5 Å². The summed E-state index contributed by atoms with van der Waals surface area (Å²) in [5, 5.41) is 19.4. The van der Waals surface area contributed by atoms with Crippen LogP contribution in [0.3, 0.4) is 0 Å². The van der Waals surface area contributed by atoms with Crippen LogP contribution in [-0.2, 0) is 16.6 Å². The minimum Gasteiger partial charge on any atom is -0.385 e. The number of aromatic nitrogens is 2. The molecule has 1 aromatic carbocycles. The molecule has 2 amide bonds. The van der Waals surface area contributed by atoms with E-state index in [0.717, 1.165) is 60.3 Å². The van der Waals surface area contributed by atoms with E-state index in [2.05, 4.69) is 25.5 Å². The fraction of sp³-hybridized carbons (Fsp3) is 0.429. The minimum atomic E-state index is -4.55. The lowest BCUT2D eigenvalue weighted by atomic mass is 9.78. The van der Waals surface area contributed by atoms with Gasteiger partial charge in [-0.05, 0) is 56.4 Å². The maximum Gasteiger partial charge on any atom is 0.416 e. The summed E-state index contributed by atoms with van der Waals surface area (Å²) in [5.74, 6) is -1.13. The molecule has 0 unspecified atom stereocenters. The number of pyridine rings is 1. The van der Waals surface area contributed by atoms with Crippen LogP contribution in [0, 0.1) is 0 Å². The van der Waals surface area contributed by atoms with Crippen LogP contribution in [0.25, 0.3) is 10.7 Å². The number of benzene rings is 1. The van der Waals surface area contributed by atoms with Gasteiger partial charge in [0.15, 0.2) is 0 Å². The van der Waals surface area contributed by atoms with Crippen LogP contribution in [0.1, 0.15) is 53.6 Å². The molecule has 5 rings (SSSR count). The van der Waals surface area contributed by atoms with E-state index >= 15 is 0 Å². The summed E-state index contributed by atoms with van der Waals surface area (Å²) >= 11 is 1.52. The van der Waals surface area contributed by atoms with Crippen LogP contribution in [0.15, 0.2) is 54.2 Å². The molecular weight excluding hydrogens is 543 g/mol. The zero-order chi connectivity index (χ0) is 28.3. The summed E-state index contributed by atoms with van der Waals surface area (Å²) in [6, 6.07) is 8.13. The van der Waals surface area contributed by atoms with Gasteiger partial charge in [-0.1, -0.05) is 12.1 Å². The summed E-state index contributed by atoms with van der Waals surface area (Å²) in [7, 11) is 0. The Bertz CT molecular complexity index is 1330. The lowest BCUT2D eigenvalue weighted by molar-refractivity contribution is -0.137. The van der Waals surface area contributed by atoms with Crippen molar-refractivity contribution in [2.45, 2.75) is 56.0 Å². The van der Waals surface area contributed by atoms with Gasteiger partial charge in [-0.25, -0.2) is 4.98 Å². The maximum absolute atomic E-state index is 12.9. The number of carbonyl (C=O) groups excluding carboxylic acids is 2. The molecule has 1 saturated heterocycles. The Balaban J connectivity index is 1.06. The highest BCUT2D eigenvalue weighted by atomic mass is 32.1. The van der Waals surface area contributed by atoms with Crippen LogP contribution in [0.5, 0.6) is 0 Å². The number of carbonyl (C=O) groups is 2. The molecule has 0 bridgehead atoms. The predicted molar refractivity (Wildman–Crippen MR) is 143 cm³/mol. The van der Waals surface area contributed by atoms with Crippen molar-refractivity contribution in [3.63, 3.8) is 0 Å². The fourth-order valence-electron chi connectivity index (χ4n) is 5.49. The van der Waals surface area contributed by atoms with Crippen molar-refractivity contribution < 1.29 is 27.9 Å². The largest absolute Gasteiger partial charge is 0.416 e. The molecular formula is C28H30F3N5O3S. The highest BCUT2D eigenvalue weighted by Crippen LogP contribution is 2.39. The van der Waals surface area contributed by atoms with Crippen molar-refractivity contribution in [2.75, 3.05) is 19.6 Å². The minimum absolute atomic E-state index is 0.0821. The highest BCUT2D eigenvalue weighted by molar-refractivity contribution is 7.13. The van der Waals surface area contributed by atoms with Gasteiger partial charge < -0.3 is 15.7 Å². The first kappa shape index (κ1) is 28.2. The monoisotopic (exact) mass is 573 g/mol. The second-order valence-corrected chi connectivity index (χ2v) is 11.2. The Morgan fingerprint density at radius 1 is 1.12 bits per heavy atom. The number of halogens is 3. The smallest absolute Gasteiger partial charge is 0.385 e. The van der Waals surface area contributed by atoms with Crippen molar-refractivity contribution in [1.82, 2.24) is 25.5 Å². The molecule has 1 saturated carbocycles. The van der Waals surface area contributed by atoms with E-state index in [0.29, 0.717) is 25.4 Å². The first-order valence-electron chi connectivity index (χ1n) is 13.2. The topological polar surface area (TPSA) is 107 Å². The Labute approximate surface area is 233 Å². The van der Waals surface area contributed by atoms with Crippen LogP contribution in [0.4, 0.5) is 13.2 Å². The quantitative estimate of drug-likeness (QED) is 0.395. The van der Waals surface area contributed by atoms with Gasteiger partial charge in [-0.2, -0.15) is 13.2 Å². The number of nitrogens with zero attached hydrogens (tertiary/aromatic N) is 3. The van der Waals surface area contributed by atoms with E-state index < -0.39 is 23.2 Å². The molecule has 1 aliphatic heterocycles. The zero-order valence-electron chi connectivity index (χ0n) is 21.7. The molecule has 2 aromatic heterocycles. The Hall–Kier alpha value is -3.35. The van der Waals surface area contributed by atoms with E-state index in [1.54, 1.807) is 12.4 Å². The SMILES string of the molecule is O=C(CNC(=O)c1cccc(C(F)(F)F)c1)N[C@@H]1CCN(C2CCC(O)(c3ccc(-c4nccs4)nc3)CC2)C1. The molecule has 3 heterocycles. The average Bonchev–Trinajstić information content (AvgIpc) is 3.65. The molecule has 2 fully saturated rings. The van der Waals surface area contributed by atoms with Gasteiger partial charge in [0.05, 0.1) is 23.4 Å². The Kier molecular flexibility index (Phi) is 8.20. The van der Waals surface area contributed by atoms with Gasteiger partial charge in [0.1, 0.15) is 5.01 Å². The first-order chi connectivity index (χ1) is 19.1. The average molecular weight is 574 g/mol. The second-order valence-electron chi connectivity index (χ2n) is 10.3. The first-order valence-corrected chi connectivity index (χ1v) is 14.1. The lowest BCUT2D eigenvalue weighted by Gasteiger charge is -2.39. The highest BCUT2D eigenvalue weighted by Gasteiger charge is 2.39. The van der Waals surface area contributed by atoms with Crippen molar-refractivity contribution in [1.29, 1.82) is 0 Å². The maximum atomic E-state index is 12.9. The van der Waals surface area contributed by atoms with E-state index in [1.165, 1.54) is 17.4 Å². The molecule has 3 aromatic rings. The van der Waals surface area contributed by atoms with Gasteiger partial charge in [0.2, 0.25) is 5.91 Å². The summed E-state index contributed by atoms with van der Waals surface area (Å²) in [5.41, 5.74) is -0.395. The summed E-state index contributed by atoms with van der Waals surface area (Å²) in [6.45, 7) is 1.16. The number of rotatable bonds is 7. The number of aliphatic hydroxyl groups is 1. The van der Waals surface area contributed by atoms with Crippen molar-refractivity contribution in [3.8, 4) is 10.7 Å². The summed E-state index contributed by atoms with van der Waals surface area (Å²) < 4.78 is 38.7. The number of thiazole rings is 1. The molecule has 1 aliphatic carbocycles. The summed E-state index contributed by atoms with van der Waals surface area (Å²) in [6.07, 6.45) is 2.55. The zero-order valence-corrected chi connectivity index (χ0v) is 22.5. The molecule has 12 heteroatoms. The number of likely N-dealkylation sites (tertiary alicyclic amines) is 1. The normalized spacial score (nSPS) is 23.6. The van der Waals surface area contributed by atoms with E-state index in [9.17, 15) is 27.9 Å². The molecule has 8 nitrogen and oxygen atoms in total. The van der Waals surface area contributed by atoms with Gasteiger partial charge >= 0.3 is 6.18 Å². The second kappa shape index (κ2) is 11.6. The molecule has 1 atom stereocenters. The molecule has 0 radical (unpaired) electrons. The number of amides is 2. The van der Waals surface area contributed by atoms with Gasteiger partial charge in [0, 0.05) is 54.1 Å². The molecule has 3 N–H and O–H groups in total. The predicted octanol–water partition coefficient (Wildman–Crippen LogP) is 3.97. The van der Waals surface area contributed by atoms with Gasteiger partial charge in [-0.3, -0.25) is 19.5 Å². The number of hydrogen-bond donors (Lipinski definition) is 3. The van der Waals surface area contributed by atoms with Crippen molar-refractivity contribution in [3.05, 3.63) is 70.9 Å². The van der Waals surface area contributed by atoms with Gasteiger partial charge in [-0.15, -0.1) is 11.3 Å². The summed E-state index contributed by atoms with van der Waals surface area (Å²) in [4.78, 5) is 35.8. The van der Waals surface area contributed by atoms with Gasteiger partial charge in [0.25, 0.3) is 5.91 Å². The van der Waals surface area contributed by atoms with Crippen LogP contribution < -0.4 is 10.6 Å². The van der Waals surface area contributed by atoms with E-state index in [1.807, 2.05) is 17.5 Å².